The van der Waals surface area contributed by atoms with Crippen LogP contribution in [0.25, 0.3) is 0 Å². The number of piperidine rings is 1. The maximum absolute atomic E-state index is 13.9. The van der Waals surface area contributed by atoms with E-state index in [0.29, 0.717) is 30.7 Å². The van der Waals surface area contributed by atoms with Crippen molar-refractivity contribution in [2.75, 3.05) is 44.3 Å². The summed E-state index contributed by atoms with van der Waals surface area (Å²) < 4.78 is 26.1. The molecule has 3 aliphatic heterocycles. The Morgan fingerprint density at radius 1 is 1.30 bits per heavy atom. The highest BCUT2D eigenvalue weighted by molar-refractivity contribution is 7.13. The molecule has 0 radical (unpaired) electrons. The Morgan fingerprint density at radius 3 is 2.79 bits per heavy atom. The number of hydrogen-bond donors (Lipinski definition) is 1. The summed E-state index contributed by atoms with van der Waals surface area (Å²) in [5.74, 6) is 0.685. The fraction of sp³-hybridized carbons (Fsp3) is 0.667. The van der Waals surface area contributed by atoms with Crippen molar-refractivity contribution in [3.63, 3.8) is 0 Å². The van der Waals surface area contributed by atoms with Crippen molar-refractivity contribution in [1.82, 2.24) is 15.1 Å². The standard InChI is InChI=1S/C24H33FN4O3S/c1-23(2,30)7-10-31-21-11-18(25)3-4-20(21)17-5-8-28(9-6-17)19-12-24(32-13-19)14-29(15-24)22-27-26-16-33-22/h3-4,11,16-17,19,30H,5-10,12-15H2,1-2H3. The Hall–Kier alpha value is -1.81. The van der Waals surface area contributed by atoms with Crippen molar-refractivity contribution >= 4 is 16.5 Å². The minimum absolute atomic E-state index is 0.0361. The van der Waals surface area contributed by atoms with Crippen LogP contribution in [-0.4, -0.2) is 76.8 Å². The van der Waals surface area contributed by atoms with Gasteiger partial charge in [0.2, 0.25) is 5.13 Å². The van der Waals surface area contributed by atoms with E-state index in [1.807, 2.05) is 6.07 Å². The van der Waals surface area contributed by atoms with E-state index in [1.54, 1.807) is 30.7 Å². The van der Waals surface area contributed by atoms with Gasteiger partial charge in [-0.3, -0.25) is 4.90 Å². The molecule has 1 spiro atoms. The van der Waals surface area contributed by atoms with Crippen molar-refractivity contribution in [2.24, 2.45) is 0 Å². The van der Waals surface area contributed by atoms with Crippen LogP contribution in [0, 0.1) is 5.82 Å². The van der Waals surface area contributed by atoms with E-state index >= 15 is 0 Å². The Bertz CT molecular complexity index is 938. The van der Waals surface area contributed by atoms with Crippen LogP contribution in [0.3, 0.4) is 0 Å². The van der Waals surface area contributed by atoms with E-state index in [9.17, 15) is 9.50 Å². The van der Waals surface area contributed by atoms with E-state index in [-0.39, 0.29) is 11.4 Å². The van der Waals surface area contributed by atoms with Crippen LogP contribution < -0.4 is 9.64 Å². The molecular weight excluding hydrogens is 443 g/mol. The third-order valence-corrected chi connectivity index (χ3v) is 7.95. The van der Waals surface area contributed by atoms with E-state index in [4.69, 9.17) is 9.47 Å². The number of halogens is 1. The molecule has 7 nitrogen and oxygen atoms in total. The average Bonchev–Trinajstić information content (AvgIpc) is 3.42. The first-order valence-corrected chi connectivity index (χ1v) is 12.7. The van der Waals surface area contributed by atoms with Gasteiger partial charge in [0.1, 0.15) is 22.7 Å². The minimum atomic E-state index is -0.797. The second kappa shape index (κ2) is 9.09. The molecule has 3 saturated heterocycles. The van der Waals surface area contributed by atoms with Crippen molar-refractivity contribution in [1.29, 1.82) is 0 Å². The smallest absolute Gasteiger partial charge is 0.208 e. The van der Waals surface area contributed by atoms with Crippen LogP contribution in [-0.2, 0) is 4.74 Å². The molecule has 9 heteroatoms. The molecule has 1 aromatic heterocycles. The monoisotopic (exact) mass is 476 g/mol. The third kappa shape index (κ3) is 5.16. The molecule has 0 saturated carbocycles. The number of aromatic nitrogens is 2. The zero-order valence-corrected chi connectivity index (χ0v) is 20.2. The second-order valence-corrected chi connectivity index (χ2v) is 11.1. The summed E-state index contributed by atoms with van der Waals surface area (Å²) in [6, 6.07) is 5.35. The number of benzene rings is 1. The number of ether oxygens (including phenoxy) is 2. The maximum atomic E-state index is 13.9. The number of anilines is 1. The first-order valence-electron chi connectivity index (χ1n) is 11.8. The molecule has 2 aromatic rings. The fourth-order valence-electron chi connectivity index (χ4n) is 5.32. The number of likely N-dealkylation sites (tertiary alicyclic amines) is 1. The topological polar surface area (TPSA) is 71.0 Å². The van der Waals surface area contributed by atoms with Gasteiger partial charge in [-0.05, 0) is 63.7 Å². The van der Waals surface area contributed by atoms with Gasteiger partial charge in [0.15, 0.2) is 0 Å². The second-order valence-electron chi connectivity index (χ2n) is 10.3. The predicted molar refractivity (Wildman–Crippen MR) is 126 cm³/mol. The summed E-state index contributed by atoms with van der Waals surface area (Å²) in [7, 11) is 0. The summed E-state index contributed by atoms with van der Waals surface area (Å²) in [5, 5.41) is 19.0. The molecule has 1 aromatic carbocycles. The number of aliphatic hydroxyl groups is 1. The van der Waals surface area contributed by atoms with Gasteiger partial charge in [0.05, 0.1) is 31.9 Å². The predicted octanol–water partition coefficient (Wildman–Crippen LogP) is 3.44. The largest absolute Gasteiger partial charge is 0.493 e. The lowest BCUT2D eigenvalue weighted by Gasteiger charge is -2.47. The van der Waals surface area contributed by atoms with Gasteiger partial charge in [-0.2, -0.15) is 0 Å². The Balaban J connectivity index is 1.14. The molecule has 0 aliphatic carbocycles. The van der Waals surface area contributed by atoms with E-state index < -0.39 is 5.60 Å². The van der Waals surface area contributed by atoms with Gasteiger partial charge in [-0.25, -0.2) is 4.39 Å². The van der Waals surface area contributed by atoms with Gasteiger partial charge in [-0.15, -0.1) is 10.2 Å². The average molecular weight is 477 g/mol. The Kier molecular flexibility index (Phi) is 6.32. The molecule has 3 fully saturated rings. The summed E-state index contributed by atoms with van der Waals surface area (Å²) in [4.78, 5) is 4.82. The summed E-state index contributed by atoms with van der Waals surface area (Å²) in [6.07, 6.45) is 3.61. The van der Waals surface area contributed by atoms with E-state index in [1.165, 1.54) is 12.1 Å². The van der Waals surface area contributed by atoms with Crippen LogP contribution in [0.5, 0.6) is 5.75 Å². The highest BCUT2D eigenvalue weighted by Gasteiger charge is 2.51. The third-order valence-electron chi connectivity index (χ3n) is 7.20. The summed E-state index contributed by atoms with van der Waals surface area (Å²) in [6.45, 7) is 8.49. The first kappa shape index (κ1) is 23.0. The zero-order chi connectivity index (χ0) is 23.1. The van der Waals surface area contributed by atoms with Gasteiger partial charge in [0, 0.05) is 18.5 Å². The highest BCUT2D eigenvalue weighted by atomic mass is 32.1. The lowest BCUT2D eigenvalue weighted by Crippen LogP contribution is -2.62. The SMILES string of the molecule is CC(C)(O)CCOc1cc(F)ccc1C1CCN(C2COC3(C2)CN(c2nncs2)C3)CC1. The minimum Gasteiger partial charge on any atom is -0.493 e. The number of rotatable bonds is 7. The zero-order valence-electron chi connectivity index (χ0n) is 19.4. The molecule has 180 valence electrons. The Morgan fingerprint density at radius 2 is 2.09 bits per heavy atom. The molecule has 5 rings (SSSR count). The van der Waals surface area contributed by atoms with Crippen molar-refractivity contribution in [3.05, 3.63) is 35.1 Å². The van der Waals surface area contributed by atoms with Gasteiger partial charge in [0.25, 0.3) is 0 Å². The molecule has 1 N–H and O–H groups in total. The highest BCUT2D eigenvalue weighted by Crippen LogP contribution is 2.41. The molecule has 3 aliphatic rings. The molecule has 33 heavy (non-hydrogen) atoms. The van der Waals surface area contributed by atoms with E-state index in [0.717, 1.165) is 62.7 Å². The fourth-order valence-corrected chi connectivity index (χ4v) is 5.88. The lowest BCUT2D eigenvalue weighted by atomic mass is 9.86. The Labute approximate surface area is 198 Å². The van der Waals surface area contributed by atoms with Gasteiger partial charge >= 0.3 is 0 Å². The number of nitrogens with zero attached hydrogens (tertiary/aromatic N) is 4. The van der Waals surface area contributed by atoms with Crippen LogP contribution in [0.4, 0.5) is 9.52 Å². The van der Waals surface area contributed by atoms with Gasteiger partial charge in [-0.1, -0.05) is 17.4 Å². The lowest BCUT2D eigenvalue weighted by molar-refractivity contribution is -0.0195. The van der Waals surface area contributed by atoms with Crippen molar-refractivity contribution in [3.8, 4) is 5.75 Å². The van der Waals surface area contributed by atoms with Crippen LogP contribution in [0.2, 0.25) is 0 Å². The maximum Gasteiger partial charge on any atom is 0.208 e. The van der Waals surface area contributed by atoms with Crippen molar-refractivity contribution in [2.45, 2.75) is 62.7 Å². The summed E-state index contributed by atoms with van der Waals surface area (Å²) in [5.41, 5.74) is 2.02. The van der Waals surface area contributed by atoms with Crippen LogP contribution >= 0.6 is 11.3 Å². The molecular formula is C24H33FN4O3S. The normalized spacial score (nSPS) is 23.8. The quantitative estimate of drug-likeness (QED) is 0.656. The molecule has 1 atom stereocenters. The first-order chi connectivity index (χ1) is 15.8. The van der Waals surface area contributed by atoms with Gasteiger partial charge < -0.3 is 19.5 Å². The van der Waals surface area contributed by atoms with Crippen molar-refractivity contribution < 1.29 is 19.0 Å². The van der Waals surface area contributed by atoms with Crippen LogP contribution in [0.1, 0.15) is 51.0 Å². The number of hydrogen-bond acceptors (Lipinski definition) is 8. The summed E-state index contributed by atoms with van der Waals surface area (Å²) >= 11 is 1.58. The van der Waals surface area contributed by atoms with Crippen LogP contribution in [0.15, 0.2) is 23.7 Å². The molecule has 4 heterocycles. The molecule has 0 amide bonds. The van der Waals surface area contributed by atoms with E-state index in [2.05, 4.69) is 20.0 Å². The molecule has 0 bridgehead atoms. The molecule has 1 unspecified atom stereocenters.